The molecule has 3 aromatic rings. The van der Waals surface area contributed by atoms with Gasteiger partial charge in [-0.15, -0.1) is 22.7 Å². The van der Waals surface area contributed by atoms with E-state index in [1.54, 1.807) is 23.0 Å². The fourth-order valence-electron chi connectivity index (χ4n) is 2.59. The lowest BCUT2D eigenvalue weighted by atomic mass is 10.0. The van der Waals surface area contributed by atoms with Crippen molar-refractivity contribution in [3.8, 4) is 9.75 Å². The van der Waals surface area contributed by atoms with Gasteiger partial charge in [0.15, 0.2) is 0 Å². The number of fused-ring (bicyclic) bond motifs is 1. The molecular weight excluding hydrogens is 399 g/mol. The van der Waals surface area contributed by atoms with Gasteiger partial charge in [-0.3, -0.25) is 9.78 Å². The Morgan fingerprint density at radius 1 is 1.32 bits per heavy atom. The van der Waals surface area contributed by atoms with Crippen LogP contribution in [0, 0.1) is 0 Å². The van der Waals surface area contributed by atoms with Crippen molar-refractivity contribution >= 4 is 44.5 Å². The van der Waals surface area contributed by atoms with E-state index in [2.05, 4.69) is 20.6 Å². The minimum Gasteiger partial charge on any atom is -0.387 e. The fourth-order valence-corrected chi connectivity index (χ4v) is 4.31. The third kappa shape index (κ3) is 4.48. The molecule has 3 rings (SSSR count). The maximum atomic E-state index is 14.0. The summed E-state index contributed by atoms with van der Waals surface area (Å²) < 4.78 is 14.0. The van der Waals surface area contributed by atoms with Crippen molar-refractivity contribution in [2.45, 2.75) is 45.5 Å². The number of nitrogens with zero attached hydrogens (tertiary/aromatic N) is 2. The number of anilines is 1. The van der Waals surface area contributed by atoms with Crippen LogP contribution in [0.4, 0.5) is 10.1 Å². The Bertz CT molecular complexity index is 964. The maximum absolute atomic E-state index is 14.0. The Kier molecular flexibility index (Phi) is 5.97. The number of amides is 1. The first-order valence-corrected chi connectivity index (χ1v) is 10.6. The van der Waals surface area contributed by atoms with Crippen LogP contribution < -0.4 is 10.6 Å². The summed E-state index contributed by atoms with van der Waals surface area (Å²) in [5.74, 6) is -0.435. The number of carbonyl (C=O) groups excluding carboxylic acids is 1. The molecule has 3 heterocycles. The number of aliphatic hydroxyl groups is 1. The lowest BCUT2D eigenvalue weighted by molar-refractivity contribution is -0.00177. The van der Waals surface area contributed by atoms with Crippen molar-refractivity contribution in [2.75, 3.05) is 11.9 Å². The molecule has 0 aliphatic rings. The zero-order valence-electron chi connectivity index (χ0n) is 16.1. The van der Waals surface area contributed by atoms with Crippen LogP contribution in [0.3, 0.4) is 0 Å². The van der Waals surface area contributed by atoms with E-state index >= 15 is 0 Å². The summed E-state index contributed by atoms with van der Waals surface area (Å²) in [7, 11) is 0. The Morgan fingerprint density at radius 2 is 2.07 bits per heavy atom. The summed E-state index contributed by atoms with van der Waals surface area (Å²) in [6, 6.07) is 2.09. The standard InChI is InChI=1S/C19H23FN4O2S2/c1-10(2)24-16-11-5-13(14-7-21-9-27-14)28-18(11)23-6-12(16)17(25)22-8-15(20)19(3,4)26/h5-7,9-10,15,26H,8H2,1-4H3,(H,22,25)(H,23,24)/t15-/m1/s1. The van der Waals surface area contributed by atoms with E-state index in [9.17, 15) is 14.3 Å². The molecule has 0 spiro atoms. The number of hydrogen-bond acceptors (Lipinski definition) is 7. The molecular formula is C19H23FN4O2S2. The molecule has 1 amide bonds. The molecule has 0 aliphatic heterocycles. The summed E-state index contributed by atoms with van der Waals surface area (Å²) >= 11 is 3.07. The minimum atomic E-state index is -1.58. The third-order valence-corrected chi connectivity index (χ3v) is 6.14. The Morgan fingerprint density at radius 3 is 2.68 bits per heavy atom. The molecule has 3 N–H and O–H groups in total. The number of nitrogens with one attached hydrogen (secondary N) is 2. The summed E-state index contributed by atoms with van der Waals surface area (Å²) in [4.78, 5) is 24.1. The van der Waals surface area contributed by atoms with Gasteiger partial charge in [0.05, 0.1) is 33.8 Å². The second kappa shape index (κ2) is 8.10. The fraction of sp³-hybridized carbons (Fsp3) is 0.421. The maximum Gasteiger partial charge on any atom is 0.255 e. The molecule has 1 atom stereocenters. The molecule has 0 radical (unpaired) electrons. The zero-order valence-corrected chi connectivity index (χ0v) is 17.7. The highest BCUT2D eigenvalue weighted by Gasteiger charge is 2.27. The predicted octanol–water partition coefficient (Wildman–Crippen LogP) is 4.08. The van der Waals surface area contributed by atoms with Crippen LogP contribution in [0.5, 0.6) is 0 Å². The zero-order chi connectivity index (χ0) is 20.5. The number of alkyl halides is 1. The van der Waals surface area contributed by atoms with Crippen molar-refractivity contribution in [3.05, 3.63) is 29.5 Å². The number of thiazole rings is 1. The Balaban J connectivity index is 1.96. The molecule has 6 nitrogen and oxygen atoms in total. The van der Waals surface area contributed by atoms with Crippen molar-refractivity contribution in [1.29, 1.82) is 0 Å². The summed E-state index contributed by atoms with van der Waals surface area (Å²) in [5, 5.41) is 16.4. The molecule has 0 aromatic carbocycles. The van der Waals surface area contributed by atoms with Gasteiger partial charge in [-0.2, -0.15) is 0 Å². The lowest BCUT2D eigenvalue weighted by Gasteiger charge is -2.23. The van der Waals surface area contributed by atoms with Crippen LogP contribution in [0.25, 0.3) is 20.0 Å². The topological polar surface area (TPSA) is 87.1 Å². The van der Waals surface area contributed by atoms with E-state index in [0.717, 1.165) is 20.0 Å². The number of thiophene rings is 1. The average molecular weight is 423 g/mol. The molecule has 28 heavy (non-hydrogen) atoms. The predicted molar refractivity (Wildman–Crippen MR) is 113 cm³/mol. The second-order valence-corrected chi connectivity index (χ2v) is 9.29. The van der Waals surface area contributed by atoms with Crippen LogP contribution in [0.2, 0.25) is 0 Å². The van der Waals surface area contributed by atoms with E-state index in [1.807, 2.05) is 19.9 Å². The molecule has 0 bridgehead atoms. The molecule has 3 aromatic heterocycles. The van der Waals surface area contributed by atoms with E-state index in [-0.39, 0.29) is 12.6 Å². The highest BCUT2D eigenvalue weighted by molar-refractivity contribution is 7.25. The van der Waals surface area contributed by atoms with Gasteiger partial charge in [-0.1, -0.05) is 0 Å². The van der Waals surface area contributed by atoms with Gasteiger partial charge in [0, 0.05) is 28.7 Å². The molecule has 0 saturated carbocycles. The summed E-state index contributed by atoms with van der Waals surface area (Å²) in [6.45, 7) is 6.43. The molecule has 0 saturated heterocycles. The normalized spacial score (nSPS) is 13.1. The summed E-state index contributed by atoms with van der Waals surface area (Å²) in [5.41, 5.74) is 1.27. The van der Waals surface area contributed by atoms with Crippen LogP contribution >= 0.6 is 22.7 Å². The van der Waals surface area contributed by atoms with Crippen LogP contribution in [-0.4, -0.2) is 45.3 Å². The molecule has 150 valence electrons. The molecule has 0 aliphatic carbocycles. The van der Waals surface area contributed by atoms with E-state index in [0.29, 0.717) is 11.3 Å². The monoisotopic (exact) mass is 422 g/mol. The van der Waals surface area contributed by atoms with Gasteiger partial charge in [-0.05, 0) is 33.8 Å². The van der Waals surface area contributed by atoms with Crippen molar-refractivity contribution in [1.82, 2.24) is 15.3 Å². The molecule has 0 unspecified atom stereocenters. The van der Waals surface area contributed by atoms with Crippen LogP contribution in [0.1, 0.15) is 38.1 Å². The van der Waals surface area contributed by atoms with Crippen molar-refractivity contribution < 1.29 is 14.3 Å². The van der Waals surface area contributed by atoms with Gasteiger partial charge in [-0.25, -0.2) is 9.37 Å². The number of carbonyl (C=O) groups is 1. The number of halogens is 1. The first-order chi connectivity index (χ1) is 13.2. The first-order valence-electron chi connectivity index (χ1n) is 8.89. The minimum absolute atomic E-state index is 0.0919. The summed E-state index contributed by atoms with van der Waals surface area (Å²) in [6.07, 6.45) is 1.73. The highest BCUT2D eigenvalue weighted by atomic mass is 32.1. The highest BCUT2D eigenvalue weighted by Crippen LogP contribution is 2.38. The van der Waals surface area contributed by atoms with Gasteiger partial charge in [0.1, 0.15) is 11.0 Å². The molecule has 9 heteroatoms. The van der Waals surface area contributed by atoms with Crippen molar-refractivity contribution in [3.63, 3.8) is 0 Å². The van der Waals surface area contributed by atoms with Crippen LogP contribution in [0.15, 0.2) is 24.0 Å². The van der Waals surface area contributed by atoms with Gasteiger partial charge >= 0.3 is 0 Å². The molecule has 0 fully saturated rings. The van der Waals surface area contributed by atoms with Crippen molar-refractivity contribution in [2.24, 2.45) is 0 Å². The number of aromatic nitrogens is 2. The van der Waals surface area contributed by atoms with Gasteiger partial charge in [0.25, 0.3) is 5.91 Å². The van der Waals surface area contributed by atoms with E-state index in [1.165, 1.54) is 31.4 Å². The quantitative estimate of drug-likeness (QED) is 0.534. The Labute approximate surface area is 170 Å². The smallest absolute Gasteiger partial charge is 0.255 e. The third-order valence-electron chi connectivity index (χ3n) is 4.12. The van der Waals surface area contributed by atoms with Crippen LogP contribution in [-0.2, 0) is 0 Å². The van der Waals surface area contributed by atoms with E-state index in [4.69, 9.17) is 0 Å². The Hall–Kier alpha value is -2.10. The second-order valence-electron chi connectivity index (χ2n) is 7.37. The first kappa shape index (κ1) is 20.6. The van der Waals surface area contributed by atoms with Gasteiger partial charge < -0.3 is 15.7 Å². The van der Waals surface area contributed by atoms with Gasteiger partial charge in [0.2, 0.25) is 0 Å². The number of hydrogen-bond donors (Lipinski definition) is 3. The average Bonchev–Trinajstić information content (AvgIpc) is 3.27. The lowest BCUT2D eigenvalue weighted by Crippen LogP contribution is -2.42. The largest absolute Gasteiger partial charge is 0.387 e. The van der Waals surface area contributed by atoms with E-state index < -0.39 is 17.7 Å². The SMILES string of the molecule is CC(C)Nc1c(C(=O)NC[C@@H](F)C(C)(C)O)cnc2sc(-c3cncs3)cc12. The number of rotatable bonds is 7. The number of pyridine rings is 1.